The standard InChI is InChI=1S/C22H35NO8S/c1-15(28-19(24)17-9-5-3-6-10-17)30-21(26)23-13-14-32-22(27)31-16(2)29-20(25)18-11-7-4-8-12-18/h15-18H,3-14H2,1-2H3,(H,23,26). The summed E-state index contributed by atoms with van der Waals surface area (Å²) < 4.78 is 20.5. The number of carbonyl (C=O) groups is 4. The highest BCUT2D eigenvalue weighted by atomic mass is 32.2. The Kier molecular flexibility index (Phi) is 11.7. The number of rotatable bonds is 9. The molecule has 0 heterocycles. The van der Waals surface area contributed by atoms with Crippen molar-refractivity contribution in [2.45, 2.75) is 90.6 Å². The summed E-state index contributed by atoms with van der Waals surface area (Å²) in [4.78, 5) is 47.8. The van der Waals surface area contributed by atoms with Gasteiger partial charge >= 0.3 is 23.3 Å². The van der Waals surface area contributed by atoms with Crippen LogP contribution in [0.4, 0.5) is 9.59 Å². The molecule has 0 saturated heterocycles. The van der Waals surface area contributed by atoms with Gasteiger partial charge < -0.3 is 24.3 Å². The van der Waals surface area contributed by atoms with E-state index in [9.17, 15) is 19.2 Å². The highest BCUT2D eigenvalue weighted by Crippen LogP contribution is 2.26. The molecule has 2 unspecified atom stereocenters. The van der Waals surface area contributed by atoms with Crippen LogP contribution in [0.25, 0.3) is 0 Å². The average Bonchev–Trinajstić information content (AvgIpc) is 2.77. The predicted octanol–water partition coefficient (Wildman–Crippen LogP) is 4.52. The third kappa shape index (κ3) is 10.1. The molecule has 0 spiro atoms. The van der Waals surface area contributed by atoms with E-state index in [4.69, 9.17) is 18.9 Å². The Bertz CT molecular complexity index is 577. The lowest BCUT2D eigenvalue weighted by atomic mass is 9.89. The van der Waals surface area contributed by atoms with Crippen molar-refractivity contribution in [3.63, 3.8) is 0 Å². The summed E-state index contributed by atoms with van der Waals surface area (Å²) in [5.74, 6) is -0.644. The Balaban J connectivity index is 1.52. The average molecular weight is 474 g/mol. The lowest BCUT2D eigenvalue weighted by molar-refractivity contribution is -0.171. The van der Waals surface area contributed by atoms with Crippen molar-refractivity contribution in [1.29, 1.82) is 0 Å². The van der Waals surface area contributed by atoms with Crippen LogP contribution in [0.5, 0.6) is 0 Å². The fraction of sp³-hybridized carbons (Fsp3) is 0.818. The summed E-state index contributed by atoms with van der Waals surface area (Å²) in [7, 11) is 0. The number of nitrogens with one attached hydrogen (secondary N) is 1. The molecule has 0 aliphatic heterocycles. The second-order valence-electron chi connectivity index (χ2n) is 8.23. The van der Waals surface area contributed by atoms with Gasteiger partial charge in [0.05, 0.1) is 11.8 Å². The third-order valence-corrected chi connectivity index (χ3v) is 6.31. The highest BCUT2D eigenvalue weighted by Gasteiger charge is 2.26. The summed E-state index contributed by atoms with van der Waals surface area (Å²) >= 11 is 0.850. The second kappa shape index (κ2) is 14.2. The maximum atomic E-state index is 12.1. The van der Waals surface area contributed by atoms with E-state index in [1.807, 2.05) is 0 Å². The van der Waals surface area contributed by atoms with Crippen molar-refractivity contribution in [2.24, 2.45) is 11.8 Å². The largest absolute Gasteiger partial charge is 0.425 e. The summed E-state index contributed by atoms with van der Waals surface area (Å²) in [6.07, 6.45) is 6.89. The molecule has 0 aromatic carbocycles. The lowest BCUT2D eigenvalue weighted by Crippen LogP contribution is -2.33. The molecular formula is C22H35NO8S. The number of ether oxygens (including phenoxy) is 4. The molecule has 2 fully saturated rings. The van der Waals surface area contributed by atoms with Gasteiger partial charge in [0.25, 0.3) is 0 Å². The molecule has 2 aliphatic rings. The molecular weight excluding hydrogens is 438 g/mol. The van der Waals surface area contributed by atoms with E-state index < -0.39 is 24.0 Å². The first kappa shape index (κ1) is 26.3. The molecule has 32 heavy (non-hydrogen) atoms. The summed E-state index contributed by atoms with van der Waals surface area (Å²) in [5.41, 5.74) is 0. The topological polar surface area (TPSA) is 117 Å². The quantitative estimate of drug-likeness (QED) is 0.293. The van der Waals surface area contributed by atoms with E-state index in [-0.39, 0.29) is 36.1 Å². The van der Waals surface area contributed by atoms with Gasteiger partial charge in [0, 0.05) is 26.1 Å². The SMILES string of the molecule is CC(OC(=O)NCCSC(=O)OC(C)OC(=O)C1CCCCC1)OC(=O)C1CCCCC1. The van der Waals surface area contributed by atoms with E-state index in [0.29, 0.717) is 0 Å². The van der Waals surface area contributed by atoms with Gasteiger partial charge in [-0.2, -0.15) is 0 Å². The Hall–Kier alpha value is -1.97. The van der Waals surface area contributed by atoms with Crippen LogP contribution in [0, 0.1) is 11.8 Å². The van der Waals surface area contributed by atoms with Gasteiger partial charge in [-0.25, -0.2) is 9.59 Å². The molecule has 0 aromatic rings. The number of alkyl carbamates (subject to hydrolysis) is 1. The minimum atomic E-state index is -0.984. The van der Waals surface area contributed by atoms with Crippen LogP contribution in [-0.2, 0) is 28.5 Å². The van der Waals surface area contributed by atoms with Crippen molar-refractivity contribution < 1.29 is 38.1 Å². The van der Waals surface area contributed by atoms with Gasteiger partial charge in [0.15, 0.2) is 0 Å². The normalized spacial score (nSPS) is 19.3. The van der Waals surface area contributed by atoms with E-state index in [1.165, 1.54) is 13.8 Å². The second-order valence-corrected chi connectivity index (χ2v) is 9.26. The molecule has 2 atom stereocenters. The van der Waals surface area contributed by atoms with E-state index in [0.717, 1.165) is 76.0 Å². The molecule has 9 nitrogen and oxygen atoms in total. The molecule has 0 bridgehead atoms. The number of amides is 1. The Morgan fingerprint density at radius 1 is 0.750 bits per heavy atom. The van der Waals surface area contributed by atoms with Crippen molar-refractivity contribution in [3.05, 3.63) is 0 Å². The number of hydrogen-bond donors (Lipinski definition) is 1. The highest BCUT2D eigenvalue weighted by molar-refractivity contribution is 8.13. The van der Waals surface area contributed by atoms with Gasteiger partial charge in [-0.05, 0) is 37.4 Å². The van der Waals surface area contributed by atoms with Crippen molar-refractivity contribution in [3.8, 4) is 0 Å². The molecule has 0 aromatic heterocycles. The van der Waals surface area contributed by atoms with E-state index in [2.05, 4.69) is 5.32 Å². The Morgan fingerprint density at radius 2 is 1.22 bits per heavy atom. The number of hydrogen-bond acceptors (Lipinski definition) is 9. The van der Waals surface area contributed by atoms with Crippen LogP contribution < -0.4 is 5.32 Å². The molecule has 1 N–H and O–H groups in total. The molecule has 0 radical (unpaired) electrons. The van der Waals surface area contributed by atoms with Crippen LogP contribution in [0.15, 0.2) is 0 Å². The van der Waals surface area contributed by atoms with Gasteiger partial charge in [-0.1, -0.05) is 38.5 Å². The molecule has 1 amide bonds. The minimum absolute atomic E-state index is 0.114. The Labute approximate surface area is 193 Å². The molecule has 2 aliphatic carbocycles. The maximum Gasteiger partial charge on any atom is 0.410 e. The summed E-state index contributed by atoms with van der Waals surface area (Å²) in [6, 6.07) is 0. The predicted molar refractivity (Wildman–Crippen MR) is 118 cm³/mol. The zero-order valence-electron chi connectivity index (χ0n) is 19.0. The first-order valence-electron chi connectivity index (χ1n) is 11.5. The van der Waals surface area contributed by atoms with E-state index >= 15 is 0 Å². The minimum Gasteiger partial charge on any atom is -0.425 e. The van der Waals surface area contributed by atoms with Gasteiger partial charge in [-0.3, -0.25) is 9.59 Å². The van der Waals surface area contributed by atoms with Crippen molar-refractivity contribution in [1.82, 2.24) is 5.32 Å². The first-order valence-corrected chi connectivity index (χ1v) is 12.5. The fourth-order valence-corrected chi connectivity index (χ4v) is 4.47. The third-order valence-electron chi connectivity index (χ3n) is 5.57. The van der Waals surface area contributed by atoms with Crippen LogP contribution in [0.3, 0.4) is 0 Å². The van der Waals surface area contributed by atoms with Crippen molar-refractivity contribution >= 4 is 35.1 Å². The van der Waals surface area contributed by atoms with Crippen LogP contribution in [0.2, 0.25) is 0 Å². The number of thioether (sulfide) groups is 1. The number of carbonyl (C=O) groups excluding carboxylic acids is 4. The van der Waals surface area contributed by atoms with Crippen molar-refractivity contribution in [2.75, 3.05) is 12.3 Å². The fourth-order valence-electron chi connectivity index (χ4n) is 3.89. The molecule has 2 saturated carbocycles. The smallest absolute Gasteiger partial charge is 0.410 e. The zero-order chi connectivity index (χ0) is 23.3. The first-order chi connectivity index (χ1) is 15.3. The number of esters is 2. The molecule has 10 heteroatoms. The van der Waals surface area contributed by atoms with Gasteiger partial charge in [0.1, 0.15) is 0 Å². The van der Waals surface area contributed by atoms with Crippen LogP contribution in [0.1, 0.15) is 78.1 Å². The molecule has 182 valence electrons. The Morgan fingerprint density at radius 3 is 1.72 bits per heavy atom. The maximum absolute atomic E-state index is 12.1. The van der Waals surface area contributed by atoms with Crippen LogP contribution >= 0.6 is 11.8 Å². The van der Waals surface area contributed by atoms with E-state index in [1.54, 1.807) is 0 Å². The van der Waals surface area contributed by atoms with Gasteiger partial charge in [0.2, 0.25) is 12.6 Å². The monoisotopic (exact) mass is 473 g/mol. The zero-order valence-corrected chi connectivity index (χ0v) is 19.8. The summed E-state index contributed by atoms with van der Waals surface area (Å²) in [6.45, 7) is 3.14. The lowest BCUT2D eigenvalue weighted by Gasteiger charge is -2.22. The summed E-state index contributed by atoms with van der Waals surface area (Å²) in [5, 5.41) is 1.89. The van der Waals surface area contributed by atoms with Gasteiger partial charge in [-0.15, -0.1) is 0 Å². The van der Waals surface area contributed by atoms with Crippen LogP contribution in [-0.4, -0.2) is 48.2 Å². The molecule has 2 rings (SSSR count).